The van der Waals surface area contributed by atoms with Crippen LogP contribution in [0.25, 0.3) is 0 Å². The van der Waals surface area contributed by atoms with E-state index in [0.29, 0.717) is 19.5 Å². The summed E-state index contributed by atoms with van der Waals surface area (Å²) in [4.78, 5) is 0. The van der Waals surface area contributed by atoms with Gasteiger partial charge in [0.25, 0.3) is 0 Å². The van der Waals surface area contributed by atoms with Gasteiger partial charge in [-0.1, -0.05) is 12.1 Å². The summed E-state index contributed by atoms with van der Waals surface area (Å²) in [6.45, 7) is 1.35. The largest absolute Gasteiger partial charge is 0.493 e. The van der Waals surface area contributed by atoms with Gasteiger partial charge < -0.3 is 14.8 Å². The number of para-hydroxylation sites is 1. The molecule has 1 N–H and O–H groups in total. The third kappa shape index (κ3) is 3.14. The van der Waals surface area contributed by atoms with Crippen molar-refractivity contribution in [2.75, 3.05) is 20.8 Å². The second-order valence-corrected chi connectivity index (χ2v) is 3.24. The van der Waals surface area contributed by atoms with Gasteiger partial charge >= 0.3 is 0 Å². The van der Waals surface area contributed by atoms with Gasteiger partial charge in [0, 0.05) is 25.1 Å². The Morgan fingerprint density at radius 1 is 1.31 bits per heavy atom. The maximum Gasteiger partial charge on any atom is 0.165 e. The molecule has 0 amide bonds. The molecule has 0 aliphatic rings. The molecular weight excluding hydrogens is 204 g/mol. The first-order valence-electron chi connectivity index (χ1n) is 5.11. The van der Waals surface area contributed by atoms with Crippen LogP contribution in [0.5, 0.6) is 11.5 Å². The van der Waals surface area contributed by atoms with Gasteiger partial charge in [0.15, 0.2) is 11.5 Å². The van der Waals surface area contributed by atoms with Crippen LogP contribution < -0.4 is 14.8 Å². The van der Waals surface area contributed by atoms with Crippen LogP contribution in [-0.4, -0.2) is 20.8 Å². The molecule has 1 aromatic carbocycles. The standard InChI is InChI=1S/C12H16N2O2/c1-15-11-6-3-5-10(12(11)16-2)9-14-8-4-7-13/h3,5-6,14H,4,8-9H2,1-2H3. The Labute approximate surface area is 95.8 Å². The summed E-state index contributed by atoms with van der Waals surface area (Å²) < 4.78 is 10.5. The summed E-state index contributed by atoms with van der Waals surface area (Å²) in [6.07, 6.45) is 0.506. The third-order valence-corrected chi connectivity index (χ3v) is 2.21. The Kier molecular flexibility index (Phi) is 5.17. The predicted molar refractivity (Wildman–Crippen MR) is 61.5 cm³/mol. The van der Waals surface area contributed by atoms with Gasteiger partial charge in [-0.2, -0.15) is 5.26 Å². The smallest absolute Gasteiger partial charge is 0.165 e. The minimum Gasteiger partial charge on any atom is -0.493 e. The van der Waals surface area contributed by atoms with E-state index in [1.54, 1.807) is 14.2 Å². The maximum absolute atomic E-state index is 8.41. The number of rotatable bonds is 6. The summed E-state index contributed by atoms with van der Waals surface area (Å²) in [5, 5.41) is 11.6. The number of hydrogen-bond donors (Lipinski definition) is 1. The molecule has 1 rings (SSSR count). The van der Waals surface area contributed by atoms with Crippen LogP contribution in [0.4, 0.5) is 0 Å². The highest BCUT2D eigenvalue weighted by Gasteiger charge is 2.08. The highest BCUT2D eigenvalue weighted by molar-refractivity contribution is 5.46. The molecule has 0 aliphatic heterocycles. The van der Waals surface area contributed by atoms with Crippen molar-refractivity contribution in [2.24, 2.45) is 0 Å². The maximum atomic E-state index is 8.41. The van der Waals surface area contributed by atoms with E-state index in [1.165, 1.54) is 0 Å². The van der Waals surface area contributed by atoms with Crippen LogP contribution in [0.3, 0.4) is 0 Å². The third-order valence-electron chi connectivity index (χ3n) is 2.21. The van der Waals surface area contributed by atoms with Crippen LogP contribution in [0.15, 0.2) is 18.2 Å². The highest BCUT2D eigenvalue weighted by atomic mass is 16.5. The molecule has 0 fully saturated rings. The van der Waals surface area contributed by atoms with Gasteiger partial charge in [-0.05, 0) is 6.07 Å². The zero-order valence-corrected chi connectivity index (χ0v) is 9.62. The van der Waals surface area contributed by atoms with E-state index in [0.717, 1.165) is 17.1 Å². The van der Waals surface area contributed by atoms with Crippen molar-refractivity contribution in [1.82, 2.24) is 5.32 Å². The van der Waals surface area contributed by atoms with Crippen molar-refractivity contribution in [3.8, 4) is 17.6 Å². The molecule has 0 saturated carbocycles. The number of methoxy groups -OCH3 is 2. The molecule has 4 nitrogen and oxygen atoms in total. The molecule has 0 spiro atoms. The number of nitrogens with one attached hydrogen (secondary N) is 1. The Balaban J connectivity index is 2.68. The van der Waals surface area contributed by atoms with Crippen molar-refractivity contribution < 1.29 is 9.47 Å². The van der Waals surface area contributed by atoms with Crippen molar-refractivity contribution >= 4 is 0 Å². The zero-order chi connectivity index (χ0) is 11.8. The molecule has 0 heterocycles. The molecule has 16 heavy (non-hydrogen) atoms. The van der Waals surface area contributed by atoms with Crippen molar-refractivity contribution in [3.63, 3.8) is 0 Å². The predicted octanol–water partition coefficient (Wildman–Crippen LogP) is 1.71. The average Bonchev–Trinajstić information content (AvgIpc) is 2.34. The van der Waals surface area contributed by atoms with Gasteiger partial charge in [0.1, 0.15) is 0 Å². The monoisotopic (exact) mass is 220 g/mol. The van der Waals surface area contributed by atoms with Gasteiger partial charge in [-0.25, -0.2) is 0 Å². The SMILES string of the molecule is COc1cccc(CNCCC#N)c1OC. The Bertz CT molecular complexity index is 372. The average molecular weight is 220 g/mol. The molecule has 1 aromatic rings. The van der Waals surface area contributed by atoms with Crippen LogP contribution in [0, 0.1) is 11.3 Å². The van der Waals surface area contributed by atoms with Gasteiger partial charge in [0.2, 0.25) is 0 Å². The van der Waals surface area contributed by atoms with E-state index < -0.39 is 0 Å². The lowest BCUT2D eigenvalue weighted by molar-refractivity contribution is 0.350. The summed E-state index contributed by atoms with van der Waals surface area (Å²) >= 11 is 0. The summed E-state index contributed by atoms with van der Waals surface area (Å²) in [5.41, 5.74) is 1.03. The van der Waals surface area contributed by atoms with Gasteiger partial charge in [-0.3, -0.25) is 0 Å². The van der Waals surface area contributed by atoms with Crippen molar-refractivity contribution in [2.45, 2.75) is 13.0 Å². The number of ether oxygens (including phenoxy) is 2. The lowest BCUT2D eigenvalue weighted by Crippen LogP contribution is -2.14. The second kappa shape index (κ2) is 6.70. The lowest BCUT2D eigenvalue weighted by atomic mass is 10.2. The number of nitrogens with zero attached hydrogens (tertiary/aromatic N) is 1. The number of nitriles is 1. The fourth-order valence-corrected chi connectivity index (χ4v) is 1.46. The summed E-state index contributed by atoms with van der Waals surface area (Å²) in [6, 6.07) is 7.84. The molecule has 4 heteroatoms. The summed E-state index contributed by atoms with van der Waals surface area (Å²) in [5.74, 6) is 1.47. The minimum atomic E-state index is 0.506. The first kappa shape index (κ1) is 12.3. The van der Waals surface area contributed by atoms with Crippen LogP contribution in [-0.2, 0) is 6.54 Å². The van der Waals surface area contributed by atoms with E-state index in [1.807, 2.05) is 18.2 Å². The van der Waals surface area contributed by atoms with E-state index in [4.69, 9.17) is 14.7 Å². The summed E-state index contributed by atoms with van der Waals surface area (Å²) in [7, 11) is 3.24. The molecule has 0 saturated heterocycles. The molecule has 0 radical (unpaired) electrons. The Hall–Kier alpha value is -1.73. The van der Waals surface area contributed by atoms with E-state index in [2.05, 4.69) is 11.4 Å². The first-order valence-corrected chi connectivity index (χ1v) is 5.11. The quantitative estimate of drug-likeness (QED) is 0.741. The molecular formula is C12H16N2O2. The normalized spacial score (nSPS) is 9.56. The molecule has 0 unspecified atom stereocenters. The lowest BCUT2D eigenvalue weighted by Gasteiger charge is -2.12. The van der Waals surface area contributed by atoms with Crippen LogP contribution >= 0.6 is 0 Å². The molecule has 0 atom stereocenters. The van der Waals surface area contributed by atoms with Crippen LogP contribution in [0.2, 0.25) is 0 Å². The minimum absolute atomic E-state index is 0.506. The van der Waals surface area contributed by atoms with Crippen molar-refractivity contribution in [1.29, 1.82) is 5.26 Å². The fraction of sp³-hybridized carbons (Fsp3) is 0.417. The van der Waals surface area contributed by atoms with E-state index in [-0.39, 0.29) is 0 Å². The molecule has 86 valence electrons. The Morgan fingerprint density at radius 2 is 2.12 bits per heavy atom. The molecule has 0 aliphatic carbocycles. The van der Waals surface area contributed by atoms with Crippen LogP contribution in [0.1, 0.15) is 12.0 Å². The second-order valence-electron chi connectivity index (χ2n) is 3.24. The van der Waals surface area contributed by atoms with Gasteiger partial charge in [0.05, 0.1) is 20.3 Å². The fourth-order valence-electron chi connectivity index (χ4n) is 1.46. The Morgan fingerprint density at radius 3 is 2.75 bits per heavy atom. The highest BCUT2D eigenvalue weighted by Crippen LogP contribution is 2.30. The molecule has 0 aromatic heterocycles. The van der Waals surface area contributed by atoms with E-state index >= 15 is 0 Å². The van der Waals surface area contributed by atoms with Crippen molar-refractivity contribution in [3.05, 3.63) is 23.8 Å². The number of hydrogen-bond acceptors (Lipinski definition) is 4. The van der Waals surface area contributed by atoms with Gasteiger partial charge in [-0.15, -0.1) is 0 Å². The number of benzene rings is 1. The first-order chi connectivity index (χ1) is 7.83. The topological polar surface area (TPSA) is 54.3 Å². The van der Waals surface area contributed by atoms with E-state index in [9.17, 15) is 0 Å². The molecule has 0 bridgehead atoms. The zero-order valence-electron chi connectivity index (χ0n) is 9.62.